The molecule has 35 heavy (non-hydrogen) atoms. The summed E-state index contributed by atoms with van der Waals surface area (Å²) in [6.07, 6.45) is -2.40. The van der Waals surface area contributed by atoms with Crippen LogP contribution in [-0.4, -0.2) is 54.0 Å². The fourth-order valence-electron chi connectivity index (χ4n) is 6.02. The third-order valence-electron chi connectivity index (χ3n) is 7.32. The number of methoxy groups -OCH3 is 1. The van der Waals surface area contributed by atoms with Gasteiger partial charge in [0.2, 0.25) is 5.88 Å². The number of fused-ring (bicyclic) bond motifs is 3. The standard InChI is InChI=1S/C27H28F2N2O4/c1-31(2)15-19-21(16-7-5-4-6-8-16)27(18-11-9-17(10-12-18)24(28)29)26(33,23(19)32)22-20(35-27)13-14-30-25(22)34-3/h4-14,19,21,23-24,32-33H,15H2,1-3H3/t19-,21-,23-,26+,27+/m1/s1. The third-order valence-corrected chi connectivity index (χ3v) is 7.32. The van der Waals surface area contributed by atoms with E-state index in [9.17, 15) is 19.0 Å². The van der Waals surface area contributed by atoms with Crippen molar-refractivity contribution >= 4 is 0 Å². The van der Waals surface area contributed by atoms with Crippen molar-refractivity contribution in [2.24, 2.45) is 5.92 Å². The van der Waals surface area contributed by atoms with Crippen molar-refractivity contribution in [2.75, 3.05) is 27.7 Å². The average molecular weight is 483 g/mol. The molecule has 5 rings (SSSR count). The average Bonchev–Trinajstić information content (AvgIpc) is 3.23. The van der Waals surface area contributed by atoms with E-state index in [1.54, 1.807) is 18.2 Å². The zero-order valence-corrected chi connectivity index (χ0v) is 19.7. The van der Waals surface area contributed by atoms with Crippen LogP contribution < -0.4 is 9.47 Å². The molecule has 1 fully saturated rings. The van der Waals surface area contributed by atoms with E-state index in [2.05, 4.69) is 4.98 Å². The number of aromatic nitrogens is 1. The molecule has 0 amide bonds. The van der Waals surface area contributed by atoms with Gasteiger partial charge in [0, 0.05) is 30.1 Å². The van der Waals surface area contributed by atoms with Crippen molar-refractivity contribution in [2.45, 2.75) is 29.6 Å². The Hall–Kier alpha value is -3.07. The summed E-state index contributed by atoms with van der Waals surface area (Å²) in [5.74, 6) is -0.515. The van der Waals surface area contributed by atoms with Gasteiger partial charge in [-0.2, -0.15) is 0 Å². The molecule has 2 aromatic carbocycles. The van der Waals surface area contributed by atoms with Gasteiger partial charge in [-0.25, -0.2) is 13.8 Å². The molecule has 6 nitrogen and oxygen atoms in total. The monoisotopic (exact) mass is 482 g/mol. The van der Waals surface area contributed by atoms with Crippen molar-refractivity contribution < 1.29 is 28.5 Å². The van der Waals surface area contributed by atoms with E-state index in [4.69, 9.17) is 9.47 Å². The summed E-state index contributed by atoms with van der Waals surface area (Å²) in [5, 5.41) is 24.5. The first kappa shape index (κ1) is 23.7. The SMILES string of the molecule is COc1nccc2c1[C@]1(O)[C@H](O)[C@H](CN(C)C)[C@@H](c3ccccc3)[C@]1(c1ccc(C(F)F)cc1)O2. The molecule has 1 aliphatic heterocycles. The van der Waals surface area contributed by atoms with Crippen molar-refractivity contribution in [3.8, 4) is 11.6 Å². The Morgan fingerprint density at radius 1 is 1.09 bits per heavy atom. The van der Waals surface area contributed by atoms with Gasteiger partial charge in [-0.1, -0.05) is 54.6 Å². The van der Waals surface area contributed by atoms with Crippen LogP contribution in [-0.2, 0) is 11.2 Å². The van der Waals surface area contributed by atoms with Crippen LogP contribution >= 0.6 is 0 Å². The van der Waals surface area contributed by atoms with Crippen LogP contribution in [0.15, 0.2) is 66.9 Å². The molecule has 0 radical (unpaired) electrons. The molecule has 2 N–H and O–H groups in total. The van der Waals surface area contributed by atoms with Gasteiger partial charge in [-0.3, -0.25) is 0 Å². The lowest BCUT2D eigenvalue weighted by Crippen LogP contribution is -2.52. The van der Waals surface area contributed by atoms with E-state index in [0.717, 1.165) is 5.56 Å². The molecule has 0 unspecified atom stereocenters. The normalized spacial score (nSPS) is 29.2. The van der Waals surface area contributed by atoms with Crippen molar-refractivity contribution in [3.63, 3.8) is 0 Å². The maximum Gasteiger partial charge on any atom is 0.263 e. The largest absolute Gasteiger partial charge is 0.481 e. The maximum absolute atomic E-state index is 13.4. The highest BCUT2D eigenvalue weighted by Gasteiger charge is 2.76. The molecule has 3 aromatic rings. The summed E-state index contributed by atoms with van der Waals surface area (Å²) in [7, 11) is 5.23. The van der Waals surface area contributed by atoms with Crippen molar-refractivity contribution in [1.82, 2.24) is 9.88 Å². The smallest absolute Gasteiger partial charge is 0.263 e. The zero-order chi connectivity index (χ0) is 25.0. The van der Waals surface area contributed by atoms with Gasteiger partial charge in [-0.05, 0) is 31.3 Å². The second-order valence-electron chi connectivity index (χ2n) is 9.48. The Kier molecular flexibility index (Phi) is 5.78. The number of aliphatic hydroxyl groups is 2. The number of benzene rings is 2. The van der Waals surface area contributed by atoms with Crippen LogP contribution in [0.5, 0.6) is 11.6 Å². The Morgan fingerprint density at radius 3 is 2.37 bits per heavy atom. The van der Waals surface area contributed by atoms with Gasteiger partial charge in [0.15, 0.2) is 11.2 Å². The van der Waals surface area contributed by atoms with Crippen molar-refractivity contribution in [3.05, 3.63) is 89.1 Å². The number of halogens is 2. The van der Waals surface area contributed by atoms with E-state index in [1.807, 2.05) is 49.3 Å². The maximum atomic E-state index is 13.4. The molecular weight excluding hydrogens is 454 g/mol. The number of hydrogen-bond acceptors (Lipinski definition) is 6. The first-order valence-corrected chi connectivity index (χ1v) is 11.5. The minimum absolute atomic E-state index is 0.136. The Bertz CT molecular complexity index is 1210. The number of alkyl halides is 2. The number of hydrogen-bond donors (Lipinski definition) is 2. The molecule has 1 saturated carbocycles. The number of pyridine rings is 1. The van der Waals surface area contributed by atoms with E-state index >= 15 is 0 Å². The number of nitrogens with zero attached hydrogens (tertiary/aromatic N) is 2. The van der Waals surface area contributed by atoms with Gasteiger partial charge in [0.25, 0.3) is 6.43 Å². The summed E-state index contributed by atoms with van der Waals surface area (Å²) < 4.78 is 38.9. The molecule has 8 heteroatoms. The second kappa shape index (κ2) is 8.55. The van der Waals surface area contributed by atoms with Crippen LogP contribution in [0.4, 0.5) is 8.78 Å². The predicted octanol–water partition coefficient (Wildman–Crippen LogP) is 3.84. The highest BCUT2D eigenvalue weighted by molar-refractivity contribution is 5.58. The van der Waals surface area contributed by atoms with Crippen LogP contribution in [0.2, 0.25) is 0 Å². The van der Waals surface area contributed by atoms with Crippen LogP contribution in [0.1, 0.15) is 34.6 Å². The van der Waals surface area contributed by atoms with Gasteiger partial charge >= 0.3 is 0 Å². The van der Waals surface area contributed by atoms with E-state index in [-0.39, 0.29) is 17.0 Å². The predicted molar refractivity (Wildman–Crippen MR) is 126 cm³/mol. The van der Waals surface area contributed by atoms with Crippen molar-refractivity contribution in [1.29, 1.82) is 0 Å². The topological polar surface area (TPSA) is 75.0 Å². The highest BCUT2D eigenvalue weighted by Crippen LogP contribution is 2.69. The first-order valence-electron chi connectivity index (χ1n) is 11.5. The molecular formula is C27H28F2N2O4. The summed E-state index contributed by atoms with van der Waals surface area (Å²) in [6, 6.07) is 17.0. The molecule has 0 saturated heterocycles. The molecule has 1 aliphatic carbocycles. The lowest BCUT2D eigenvalue weighted by molar-refractivity contribution is -0.152. The van der Waals surface area contributed by atoms with Gasteiger partial charge in [0.1, 0.15) is 5.75 Å². The summed E-state index contributed by atoms with van der Waals surface area (Å²) in [6.45, 7) is 0.446. The molecule has 1 aromatic heterocycles. The Balaban J connectivity index is 1.83. The molecule has 184 valence electrons. The van der Waals surface area contributed by atoms with E-state index in [1.165, 1.54) is 25.4 Å². The molecule has 2 heterocycles. The van der Waals surface area contributed by atoms with E-state index < -0.39 is 35.6 Å². The molecule has 2 aliphatic rings. The number of aliphatic hydroxyl groups excluding tert-OH is 1. The summed E-state index contributed by atoms with van der Waals surface area (Å²) in [4.78, 5) is 6.22. The van der Waals surface area contributed by atoms with Gasteiger partial charge in [-0.15, -0.1) is 0 Å². The third kappa shape index (κ3) is 3.27. The second-order valence-corrected chi connectivity index (χ2v) is 9.48. The quantitative estimate of drug-likeness (QED) is 0.556. The molecule has 5 atom stereocenters. The lowest BCUT2D eigenvalue weighted by atomic mass is 9.70. The van der Waals surface area contributed by atoms with Gasteiger partial charge < -0.3 is 24.6 Å². The van der Waals surface area contributed by atoms with E-state index in [0.29, 0.717) is 17.9 Å². The van der Waals surface area contributed by atoms with Crippen LogP contribution in [0.3, 0.4) is 0 Å². The van der Waals surface area contributed by atoms with Gasteiger partial charge in [0.05, 0.1) is 18.8 Å². The number of rotatable bonds is 6. The van der Waals surface area contributed by atoms with Crippen LogP contribution in [0.25, 0.3) is 0 Å². The lowest BCUT2D eigenvalue weighted by Gasteiger charge is -2.41. The fourth-order valence-corrected chi connectivity index (χ4v) is 6.02. The number of ether oxygens (including phenoxy) is 2. The Morgan fingerprint density at radius 2 is 1.77 bits per heavy atom. The first-order chi connectivity index (χ1) is 16.8. The highest BCUT2D eigenvalue weighted by atomic mass is 19.3. The summed E-state index contributed by atoms with van der Waals surface area (Å²) in [5.41, 5.74) is -2.02. The fraction of sp³-hybridized carbons (Fsp3) is 0.370. The molecule has 0 bridgehead atoms. The summed E-state index contributed by atoms with van der Waals surface area (Å²) >= 11 is 0. The molecule has 0 spiro atoms. The Labute approximate surface area is 202 Å². The minimum Gasteiger partial charge on any atom is -0.481 e. The minimum atomic E-state index is -2.63. The zero-order valence-electron chi connectivity index (χ0n) is 19.7. The van der Waals surface area contributed by atoms with Crippen LogP contribution in [0, 0.1) is 5.92 Å².